The molecule has 0 aliphatic carbocycles. The van der Waals surface area contributed by atoms with Crippen LogP contribution in [0.4, 0.5) is 13.2 Å². The highest BCUT2D eigenvalue weighted by atomic mass is 19.4. The summed E-state index contributed by atoms with van der Waals surface area (Å²) in [6.45, 7) is 1.78. The molecule has 1 aromatic rings. The van der Waals surface area contributed by atoms with Crippen LogP contribution < -0.4 is 0 Å². The van der Waals surface area contributed by atoms with Crippen LogP contribution in [0.2, 0.25) is 0 Å². The summed E-state index contributed by atoms with van der Waals surface area (Å²) in [5.74, 6) is -1.25. The molecule has 0 saturated carbocycles. The fourth-order valence-corrected chi connectivity index (χ4v) is 1.67. The number of esters is 1. The summed E-state index contributed by atoms with van der Waals surface area (Å²) in [6.07, 6.45) is -5.05. The molecule has 0 aliphatic rings. The molecule has 106 valence electrons. The Morgan fingerprint density at radius 3 is 2.42 bits per heavy atom. The highest BCUT2D eigenvalue weighted by Gasteiger charge is 2.30. The molecule has 1 atom stereocenters. The first-order chi connectivity index (χ1) is 8.92. The second-order valence-electron chi connectivity index (χ2n) is 4.35. The van der Waals surface area contributed by atoms with Gasteiger partial charge in [0, 0.05) is 6.42 Å². The van der Waals surface area contributed by atoms with E-state index in [0.717, 1.165) is 5.56 Å². The van der Waals surface area contributed by atoms with E-state index >= 15 is 0 Å². The van der Waals surface area contributed by atoms with Crippen molar-refractivity contribution in [3.8, 4) is 0 Å². The SMILES string of the molecule is CC[C@@H](CCC(F)(F)F)C(=O)OCc1ccccc1. The molecule has 0 unspecified atom stereocenters. The van der Waals surface area contributed by atoms with Gasteiger partial charge in [0.2, 0.25) is 0 Å². The third kappa shape index (κ3) is 6.27. The quantitative estimate of drug-likeness (QED) is 0.730. The zero-order chi connectivity index (χ0) is 14.3. The standard InChI is InChI=1S/C14H17F3O2/c1-2-12(8-9-14(15,16)17)13(18)19-10-11-6-4-3-5-7-11/h3-7,12H,2,8-10H2,1H3/t12-/m0/s1. The molecule has 0 radical (unpaired) electrons. The van der Waals surface area contributed by atoms with E-state index in [1.54, 1.807) is 19.1 Å². The first-order valence-corrected chi connectivity index (χ1v) is 6.19. The van der Waals surface area contributed by atoms with Gasteiger partial charge < -0.3 is 4.74 Å². The first kappa shape index (κ1) is 15.5. The number of alkyl halides is 3. The van der Waals surface area contributed by atoms with Crippen molar-refractivity contribution in [1.29, 1.82) is 0 Å². The predicted octanol–water partition coefficient (Wildman–Crippen LogP) is 4.10. The van der Waals surface area contributed by atoms with E-state index in [0.29, 0.717) is 6.42 Å². The molecule has 0 fully saturated rings. The summed E-state index contributed by atoms with van der Waals surface area (Å²) >= 11 is 0. The lowest BCUT2D eigenvalue weighted by Crippen LogP contribution is -2.20. The van der Waals surface area contributed by atoms with Gasteiger partial charge in [0.05, 0.1) is 5.92 Å². The Kier molecular flexibility index (Phi) is 5.86. The van der Waals surface area contributed by atoms with Gasteiger partial charge in [0.15, 0.2) is 0 Å². The second kappa shape index (κ2) is 7.16. The topological polar surface area (TPSA) is 26.3 Å². The first-order valence-electron chi connectivity index (χ1n) is 6.19. The minimum atomic E-state index is -4.23. The van der Waals surface area contributed by atoms with E-state index < -0.39 is 24.5 Å². The minimum absolute atomic E-state index is 0.0994. The molecule has 19 heavy (non-hydrogen) atoms. The normalized spacial score (nSPS) is 13.1. The van der Waals surface area contributed by atoms with Crippen molar-refractivity contribution in [3.05, 3.63) is 35.9 Å². The van der Waals surface area contributed by atoms with Crippen LogP contribution in [-0.2, 0) is 16.1 Å². The minimum Gasteiger partial charge on any atom is -0.461 e. The maximum Gasteiger partial charge on any atom is 0.389 e. The van der Waals surface area contributed by atoms with E-state index in [9.17, 15) is 18.0 Å². The molecule has 0 spiro atoms. The number of rotatable bonds is 6. The number of halogens is 3. The van der Waals surface area contributed by atoms with Crippen LogP contribution in [-0.4, -0.2) is 12.1 Å². The molecule has 0 aromatic heterocycles. The highest BCUT2D eigenvalue weighted by molar-refractivity contribution is 5.72. The van der Waals surface area contributed by atoms with Gasteiger partial charge >= 0.3 is 12.1 Å². The molecule has 0 N–H and O–H groups in total. The summed E-state index contributed by atoms with van der Waals surface area (Å²) in [7, 11) is 0. The van der Waals surface area contributed by atoms with Crippen molar-refractivity contribution in [2.45, 2.75) is 39.0 Å². The van der Waals surface area contributed by atoms with Crippen molar-refractivity contribution < 1.29 is 22.7 Å². The van der Waals surface area contributed by atoms with Crippen LogP contribution in [0, 0.1) is 5.92 Å². The molecular weight excluding hydrogens is 257 g/mol. The summed E-state index contributed by atoms with van der Waals surface area (Å²) < 4.78 is 41.4. The van der Waals surface area contributed by atoms with E-state index in [1.807, 2.05) is 18.2 Å². The van der Waals surface area contributed by atoms with Gasteiger partial charge in [0.1, 0.15) is 6.61 Å². The molecular formula is C14H17F3O2. The lowest BCUT2D eigenvalue weighted by atomic mass is 10.0. The fourth-order valence-electron chi connectivity index (χ4n) is 1.67. The van der Waals surface area contributed by atoms with Gasteiger partial charge in [-0.3, -0.25) is 4.79 Å². The summed E-state index contributed by atoms with van der Waals surface area (Å²) in [5.41, 5.74) is 0.821. The number of carbonyl (C=O) groups is 1. The van der Waals surface area contributed by atoms with E-state index in [-0.39, 0.29) is 13.0 Å². The molecule has 2 nitrogen and oxygen atoms in total. The fraction of sp³-hybridized carbons (Fsp3) is 0.500. The maximum absolute atomic E-state index is 12.1. The van der Waals surface area contributed by atoms with Crippen molar-refractivity contribution in [3.63, 3.8) is 0 Å². The van der Waals surface area contributed by atoms with Gasteiger partial charge in [-0.2, -0.15) is 13.2 Å². The van der Waals surface area contributed by atoms with Gasteiger partial charge in [0.25, 0.3) is 0 Å². The number of hydrogen-bond donors (Lipinski definition) is 0. The molecule has 1 aromatic carbocycles. The van der Waals surface area contributed by atoms with Crippen LogP contribution >= 0.6 is 0 Å². The van der Waals surface area contributed by atoms with Crippen LogP contribution in [0.3, 0.4) is 0 Å². The molecule has 0 amide bonds. The Bertz CT molecular complexity index is 387. The lowest BCUT2D eigenvalue weighted by molar-refractivity contribution is -0.155. The highest BCUT2D eigenvalue weighted by Crippen LogP contribution is 2.26. The van der Waals surface area contributed by atoms with E-state index in [2.05, 4.69) is 0 Å². The number of hydrogen-bond acceptors (Lipinski definition) is 2. The third-order valence-corrected chi connectivity index (χ3v) is 2.83. The Labute approximate surface area is 110 Å². The molecule has 0 saturated heterocycles. The third-order valence-electron chi connectivity index (χ3n) is 2.83. The molecule has 0 aliphatic heterocycles. The smallest absolute Gasteiger partial charge is 0.389 e. The zero-order valence-electron chi connectivity index (χ0n) is 10.7. The van der Waals surface area contributed by atoms with Crippen LogP contribution in [0.5, 0.6) is 0 Å². The van der Waals surface area contributed by atoms with Crippen molar-refractivity contribution in [2.75, 3.05) is 0 Å². The summed E-state index contributed by atoms with van der Waals surface area (Å²) in [5, 5.41) is 0. The van der Waals surface area contributed by atoms with Crippen LogP contribution in [0.1, 0.15) is 31.7 Å². The van der Waals surface area contributed by atoms with E-state index in [1.165, 1.54) is 0 Å². The number of carbonyl (C=O) groups excluding carboxylic acids is 1. The van der Waals surface area contributed by atoms with Crippen molar-refractivity contribution in [1.82, 2.24) is 0 Å². The lowest BCUT2D eigenvalue weighted by Gasteiger charge is -2.15. The molecule has 0 bridgehead atoms. The molecule has 1 rings (SSSR count). The number of ether oxygens (including phenoxy) is 1. The van der Waals surface area contributed by atoms with Crippen LogP contribution in [0.15, 0.2) is 30.3 Å². The van der Waals surface area contributed by atoms with Crippen LogP contribution in [0.25, 0.3) is 0 Å². The summed E-state index contributed by atoms with van der Waals surface area (Å²) in [6, 6.07) is 9.05. The molecule has 0 heterocycles. The number of benzene rings is 1. The zero-order valence-corrected chi connectivity index (χ0v) is 10.7. The van der Waals surface area contributed by atoms with Gasteiger partial charge in [-0.05, 0) is 18.4 Å². The van der Waals surface area contributed by atoms with Gasteiger partial charge in [-0.25, -0.2) is 0 Å². The monoisotopic (exact) mass is 274 g/mol. The summed E-state index contributed by atoms with van der Waals surface area (Å²) in [4.78, 5) is 11.7. The van der Waals surface area contributed by atoms with Crippen molar-refractivity contribution >= 4 is 5.97 Å². The second-order valence-corrected chi connectivity index (χ2v) is 4.35. The van der Waals surface area contributed by atoms with Gasteiger partial charge in [-0.15, -0.1) is 0 Å². The Hall–Kier alpha value is -1.52. The van der Waals surface area contributed by atoms with Gasteiger partial charge in [-0.1, -0.05) is 37.3 Å². The maximum atomic E-state index is 12.1. The Morgan fingerprint density at radius 2 is 1.89 bits per heavy atom. The average molecular weight is 274 g/mol. The van der Waals surface area contributed by atoms with E-state index in [4.69, 9.17) is 4.74 Å². The average Bonchev–Trinajstić information content (AvgIpc) is 2.37. The largest absolute Gasteiger partial charge is 0.461 e. The molecule has 5 heteroatoms. The Balaban J connectivity index is 2.41. The Morgan fingerprint density at radius 1 is 1.26 bits per heavy atom. The van der Waals surface area contributed by atoms with Crippen molar-refractivity contribution in [2.24, 2.45) is 5.92 Å². The predicted molar refractivity (Wildman–Crippen MR) is 65.3 cm³/mol.